The molecular weight excluding hydrogens is 338 g/mol. The Bertz CT molecular complexity index is 344. The summed E-state index contributed by atoms with van der Waals surface area (Å²) in [5.74, 6) is 0.697. The molecule has 0 amide bonds. The molecule has 0 saturated heterocycles. The van der Waals surface area contributed by atoms with Crippen LogP contribution in [0.3, 0.4) is 0 Å². The molecule has 0 aromatic heterocycles. The van der Waals surface area contributed by atoms with Crippen molar-refractivity contribution in [3.63, 3.8) is 0 Å². The minimum absolute atomic E-state index is 0. The van der Waals surface area contributed by atoms with Crippen LogP contribution < -0.4 is 18.1 Å². The molecule has 0 saturated carbocycles. The monoisotopic (exact) mass is 385 g/mol. The van der Waals surface area contributed by atoms with Crippen molar-refractivity contribution in [2.45, 2.75) is 118 Å². The van der Waals surface area contributed by atoms with Gasteiger partial charge in [0.15, 0.2) is 0 Å². The fraction of sp³-hybridized carbons (Fsp3) is 0.833. The molecule has 0 aromatic rings. The van der Waals surface area contributed by atoms with Crippen LogP contribution in [0.4, 0.5) is 0 Å². The summed E-state index contributed by atoms with van der Waals surface area (Å²) in [5.41, 5.74) is 7.01. The molecule has 0 rings (SSSR count). The average molecular weight is 386 g/mol. The van der Waals surface area contributed by atoms with Crippen LogP contribution in [0.2, 0.25) is 0 Å². The van der Waals surface area contributed by atoms with Crippen molar-refractivity contribution in [1.29, 1.82) is 0 Å². The number of rotatable bonds is 17. The van der Waals surface area contributed by atoms with Crippen molar-refractivity contribution >= 4 is 0 Å². The van der Waals surface area contributed by atoms with E-state index in [1.54, 1.807) is 5.57 Å². The van der Waals surface area contributed by atoms with E-state index < -0.39 is 0 Å². The van der Waals surface area contributed by atoms with Gasteiger partial charge >= 0.3 is 0 Å². The number of quaternary nitrogens is 1. The van der Waals surface area contributed by atoms with Gasteiger partial charge in [0.1, 0.15) is 0 Å². The van der Waals surface area contributed by atoms with E-state index in [1.807, 2.05) is 0 Å². The molecule has 0 radical (unpaired) electrons. The third-order valence-electron chi connectivity index (χ3n) is 5.36. The van der Waals surface area contributed by atoms with Crippen molar-refractivity contribution in [3.8, 4) is 0 Å². The third kappa shape index (κ3) is 20.0. The zero-order valence-corrected chi connectivity index (χ0v) is 19.2. The molecule has 3 N–H and O–H groups in total. The van der Waals surface area contributed by atoms with E-state index in [4.69, 9.17) is 0 Å². The first-order chi connectivity index (χ1) is 12.1. The maximum absolute atomic E-state index is 3.90. The van der Waals surface area contributed by atoms with Gasteiger partial charge in [-0.2, -0.15) is 0 Å². The maximum atomic E-state index is 3.90. The van der Waals surface area contributed by atoms with Crippen LogP contribution in [-0.2, 0) is 0 Å². The second kappa shape index (κ2) is 21.0. The van der Waals surface area contributed by atoms with Crippen molar-refractivity contribution in [2.24, 2.45) is 5.92 Å². The minimum Gasteiger partial charge on any atom is -1.00 e. The summed E-state index contributed by atoms with van der Waals surface area (Å²) >= 11 is 0. The summed E-state index contributed by atoms with van der Waals surface area (Å²) in [7, 11) is 0. The predicted octanol–water partition coefficient (Wildman–Crippen LogP) is 4.24. The van der Waals surface area contributed by atoms with Gasteiger partial charge in [-0.15, -0.1) is 0 Å². The van der Waals surface area contributed by atoms with Gasteiger partial charge < -0.3 is 18.1 Å². The van der Waals surface area contributed by atoms with Crippen molar-refractivity contribution in [2.75, 3.05) is 6.54 Å². The number of unbranched alkanes of at least 4 members (excludes halogenated alkanes) is 11. The standard InChI is InChI=1S/C24H47N.ClH/c1-22(2)24(4)20-17-19-23(3)18-15-13-11-9-7-5-6-8-10-12-14-16-21-25;/h18,20,22H,5-17,19,21,25H2,1-4H3;1H/b23-18+,24-20+;. The Balaban J connectivity index is 0. The first-order valence-corrected chi connectivity index (χ1v) is 11.2. The third-order valence-corrected chi connectivity index (χ3v) is 5.36. The van der Waals surface area contributed by atoms with Gasteiger partial charge in [-0.25, -0.2) is 0 Å². The molecule has 0 atom stereocenters. The fourth-order valence-corrected chi connectivity index (χ4v) is 3.13. The van der Waals surface area contributed by atoms with Gasteiger partial charge in [-0.05, 0) is 58.3 Å². The molecule has 2 heteroatoms. The van der Waals surface area contributed by atoms with E-state index in [9.17, 15) is 0 Å². The Morgan fingerprint density at radius 1 is 0.692 bits per heavy atom. The number of allylic oxidation sites excluding steroid dienone is 4. The molecule has 0 aromatic carbocycles. The highest BCUT2D eigenvalue weighted by atomic mass is 35.5. The lowest BCUT2D eigenvalue weighted by molar-refractivity contribution is -0.368. The summed E-state index contributed by atoms with van der Waals surface area (Å²) in [5, 5.41) is 0. The molecule has 0 bridgehead atoms. The van der Waals surface area contributed by atoms with Gasteiger partial charge in [0.2, 0.25) is 0 Å². The molecule has 0 aliphatic carbocycles. The van der Waals surface area contributed by atoms with E-state index >= 15 is 0 Å². The highest BCUT2D eigenvalue weighted by molar-refractivity contribution is 5.04. The maximum Gasteiger partial charge on any atom is 0.0739 e. The molecule has 26 heavy (non-hydrogen) atoms. The molecule has 0 unspecified atom stereocenters. The Kier molecular flexibility index (Phi) is 22.6. The zero-order chi connectivity index (χ0) is 18.8. The second-order valence-electron chi connectivity index (χ2n) is 8.22. The molecule has 156 valence electrons. The average Bonchev–Trinajstić information content (AvgIpc) is 2.58. The smallest absolute Gasteiger partial charge is 0.0739 e. The Labute approximate surface area is 171 Å². The zero-order valence-electron chi connectivity index (χ0n) is 18.4. The van der Waals surface area contributed by atoms with Crippen molar-refractivity contribution in [3.05, 3.63) is 23.3 Å². The Hall–Kier alpha value is -0.270. The van der Waals surface area contributed by atoms with Crippen molar-refractivity contribution in [1.82, 2.24) is 0 Å². The van der Waals surface area contributed by atoms with E-state index in [0.717, 1.165) is 6.54 Å². The topological polar surface area (TPSA) is 27.6 Å². The molecule has 0 heterocycles. The Morgan fingerprint density at radius 3 is 1.62 bits per heavy atom. The van der Waals surface area contributed by atoms with Gasteiger partial charge in [-0.3, -0.25) is 0 Å². The van der Waals surface area contributed by atoms with E-state index in [-0.39, 0.29) is 12.4 Å². The number of hydrogen-bond acceptors (Lipinski definition) is 0. The van der Waals surface area contributed by atoms with Crippen LogP contribution in [0.1, 0.15) is 118 Å². The molecule has 0 aliphatic heterocycles. The summed E-state index contributed by atoms with van der Waals surface area (Å²) in [6.45, 7) is 10.2. The van der Waals surface area contributed by atoms with Crippen LogP contribution in [0.15, 0.2) is 23.3 Å². The lowest BCUT2D eigenvalue weighted by Gasteiger charge is -2.05. The van der Waals surface area contributed by atoms with Crippen LogP contribution >= 0.6 is 0 Å². The normalized spacial score (nSPS) is 12.5. The molecule has 1 nitrogen and oxygen atoms in total. The lowest BCUT2D eigenvalue weighted by Crippen LogP contribution is -3.00. The highest BCUT2D eigenvalue weighted by Crippen LogP contribution is 2.15. The number of halogens is 1. The summed E-state index contributed by atoms with van der Waals surface area (Å²) in [6.07, 6.45) is 24.2. The van der Waals surface area contributed by atoms with Gasteiger partial charge in [0.05, 0.1) is 6.54 Å². The Morgan fingerprint density at radius 2 is 1.15 bits per heavy atom. The van der Waals surface area contributed by atoms with Gasteiger partial charge in [0.25, 0.3) is 0 Å². The first-order valence-electron chi connectivity index (χ1n) is 11.2. The quantitative estimate of drug-likeness (QED) is 0.286. The fourth-order valence-electron chi connectivity index (χ4n) is 3.13. The van der Waals surface area contributed by atoms with E-state index in [1.165, 1.54) is 95.5 Å². The molecule has 0 fully saturated rings. The van der Waals surface area contributed by atoms with Crippen LogP contribution in [0.25, 0.3) is 0 Å². The molecular formula is C24H48ClN. The molecule has 0 spiro atoms. The summed E-state index contributed by atoms with van der Waals surface area (Å²) < 4.78 is 0. The number of hydrogen-bond donors (Lipinski definition) is 1. The largest absolute Gasteiger partial charge is 1.00 e. The van der Waals surface area contributed by atoms with E-state index in [0.29, 0.717) is 5.92 Å². The van der Waals surface area contributed by atoms with Crippen LogP contribution in [0, 0.1) is 5.92 Å². The minimum atomic E-state index is 0. The van der Waals surface area contributed by atoms with Gasteiger partial charge in [0, 0.05) is 0 Å². The van der Waals surface area contributed by atoms with Gasteiger partial charge in [-0.1, -0.05) is 88.5 Å². The molecule has 0 aliphatic rings. The second-order valence-corrected chi connectivity index (χ2v) is 8.22. The van der Waals surface area contributed by atoms with Crippen LogP contribution in [-0.4, -0.2) is 6.54 Å². The highest BCUT2D eigenvalue weighted by Gasteiger charge is 1.96. The summed E-state index contributed by atoms with van der Waals surface area (Å²) in [6, 6.07) is 0. The predicted molar refractivity (Wildman–Crippen MR) is 115 cm³/mol. The SMILES string of the molecule is C/C(=C\CCCCCCCCCCCCC[NH3+])CC/C=C(\C)C(C)C.[Cl-]. The van der Waals surface area contributed by atoms with E-state index in [2.05, 4.69) is 45.6 Å². The lowest BCUT2D eigenvalue weighted by atomic mass is 10.0. The van der Waals surface area contributed by atoms with Crippen molar-refractivity contribution < 1.29 is 18.1 Å². The summed E-state index contributed by atoms with van der Waals surface area (Å²) in [4.78, 5) is 0. The van der Waals surface area contributed by atoms with Crippen LogP contribution in [0.5, 0.6) is 0 Å². The first kappa shape index (κ1) is 27.9.